The Balaban J connectivity index is 1.82. The fraction of sp³-hybridized carbons (Fsp3) is 0.375. The normalized spacial score (nSPS) is 11.5. The van der Waals surface area contributed by atoms with E-state index in [-0.39, 0.29) is 12.3 Å². The number of amides is 1. The summed E-state index contributed by atoms with van der Waals surface area (Å²) < 4.78 is 10.7. The quantitative estimate of drug-likeness (QED) is 0.363. The highest BCUT2D eigenvalue weighted by Gasteiger charge is 2.20. The van der Waals surface area contributed by atoms with Crippen LogP contribution in [0.1, 0.15) is 58.5 Å². The van der Waals surface area contributed by atoms with Gasteiger partial charge in [-0.3, -0.25) is 14.4 Å². The Hall–Kier alpha value is -3.15. The fourth-order valence-corrected chi connectivity index (χ4v) is 2.71. The number of ether oxygens (including phenoxy) is 2. The molecule has 0 aliphatic carbocycles. The summed E-state index contributed by atoms with van der Waals surface area (Å²) in [5.74, 6) is -0.665. The Morgan fingerprint density at radius 1 is 0.967 bits per heavy atom. The molecular formula is C24H29NO5. The first kappa shape index (κ1) is 23.1. The van der Waals surface area contributed by atoms with Gasteiger partial charge >= 0.3 is 5.97 Å². The number of aryl methyl sites for hydroxylation is 2. The van der Waals surface area contributed by atoms with Gasteiger partial charge in [-0.1, -0.05) is 25.5 Å². The molecule has 0 heterocycles. The summed E-state index contributed by atoms with van der Waals surface area (Å²) in [7, 11) is 0. The second kappa shape index (κ2) is 11.1. The molecule has 1 amide bonds. The summed E-state index contributed by atoms with van der Waals surface area (Å²) in [4.78, 5) is 36.7. The van der Waals surface area contributed by atoms with Crippen LogP contribution in [-0.2, 0) is 9.53 Å². The third kappa shape index (κ3) is 6.72. The van der Waals surface area contributed by atoms with Gasteiger partial charge in [0.1, 0.15) is 12.3 Å². The number of ketones is 1. The van der Waals surface area contributed by atoms with Crippen molar-refractivity contribution in [3.8, 4) is 5.75 Å². The maximum atomic E-state index is 12.5. The minimum atomic E-state index is -0.934. The van der Waals surface area contributed by atoms with E-state index in [0.717, 1.165) is 24.0 Å². The van der Waals surface area contributed by atoms with Crippen LogP contribution < -0.4 is 10.1 Å². The first-order chi connectivity index (χ1) is 14.3. The number of nitrogens with one attached hydrogen (secondary N) is 1. The molecule has 0 aromatic heterocycles. The molecule has 2 aromatic carbocycles. The predicted octanol–water partition coefficient (Wildman–Crippen LogP) is 4.03. The van der Waals surface area contributed by atoms with Gasteiger partial charge in [-0.15, -0.1) is 0 Å². The molecule has 0 radical (unpaired) electrons. The Labute approximate surface area is 177 Å². The monoisotopic (exact) mass is 411 g/mol. The molecule has 2 rings (SSSR count). The lowest BCUT2D eigenvalue weighted by atomic mass is 10.0. The molecule has 1 atom stereocenters. The molecule has 6 nitrogen and oxygen atoms in total. The minimum Gasteiger partial charge on any atom is -0.494 e. The number of benzene rings is 2. The van der Waals surface area contributed by atoms with Crippen molar-refractivity contribution in [2.24, 2.45) is 0 Å². The Kier molecular flexibility index (Phi) is 8.59. The van der Waals surface area contributed by atoms with Crippen LogP contribution >= 0.6 is 0 Å². The van der Waals surface area contributed by atoms with Crippen molar-refractivity contribution in [2.75, 3.05) is 13.2 Å². The number of Topliss-reactive ketones (excluding diaryl/α,β-unsaturated/α-hetero) is 1. The van der Waals surface area contributed by atoms with E-state index >= 15 is 0 Å². The number of carbonyl (C=O) groups is 3. The largest absolute Gasteiger partial charge is 0.494 e. The molecule has 0 unspecified atom stereocenters. The van der Waals surface area contributed by atoms with Crippen LogP contribution in [0.4, 0.5) is 0 Å². The van der Waals surface area contributed by atoms with Crippen molar-refractivity contribution in [1.29, 1.82) is 0 Å². The van der Waals surface area contributed by atoms with Crippen LogP contribution in [0.15, 0.2) is 42.5 Å². The molecule has 0 aliphatic heterocycles. The average molecular weight is 411 g/mol. The van der Waals surface area contributed by atoms with Crippen molar-refractivity contribution in [3.05, 3.63) is 64.7 Å². The van der Waals surface area contributed by atoms with Crippen LogP contribution in [0.5, 0.6) is 5.75 Å². The molecule has 0 bridgehead atoms. The summed E-state index contributed by atoms with van der Waals surface area (Å²) in [6.45, 7) is 7.80. The number of hydrogen-bond acceptors (Lipinski definition) is 5. The summed E-state index contributed by atoms with van der Waals surface area (Å²) in [5.41, 5.74) is 2.97. The maximum Gasteiger partial charge on any atom is 0.326 e. The van der Waals surface area contributed by atoms with Gasteiger partial charge < -0.3 is 14.8 Å². The van der Waals surface area contributed by atoms with Crippen molar-refractivity contribution in [3.63, 3.8) is 0 Å². The van der Waals surface area contributed by atoms with Gasteiger partial charge in [0.2, 0.25) is 5.78 Å². The lowest BCUT2D eigenvalue weighted by molar-refractivity contribution is -0.145. The lowest BCUT2D eigenvalue weighted by Gasteiger charge is -2.13. The Morgan fingerprint density at radius 3 is 2.27 bits per heavy atom. The third-order valence-electron chi connectivity index (χ3n) is 4.75. The zero-order chi connectivity index (χ0) is 22.1. The molecule has 6 heteroatoms. The van der Waals surface area contributed by atoms with Gasteiger partial charge in [-0.2, -0.15) is 0 Å². The highest BCUT2D eigenvalue weighted by Crippen LogP contribution is 2.14. The first-order valence-electron chi connectivity index (χ1n) is 10.1. The highest BCUT2D eigenvalue weighted by molar-refractivity contribution is 6.01. The zero-order valence-corrected chi connectivity index (χ0v) is 18.0. The SMILES string of the molecule is CCCCOc1ccc(C(=O)NCC(=O)O[C@H](C)C(=O)c2ccc(C)c(C)c2)cc1. The summed E-state index contributed by atoms with van der Waals surface area (Å²) in [6.07, 6.45) is 1.08. The van der Waals surface area contributed by atoms with Crippen LogP contribution in [0.3, 0.4) is 0 Å². The van der Waals surface area contributed by atoms with Gasteiger partial charge in [0.25, 0.3) is 5.91 Å². The van der Waals surface area contributed by atoms with Crippen LogP contribution in [-0.4, -0.2) is 36.9 Å². The minimum absolute atomic E-state index is 0.281. The smallest absolute Gasteiger partial charge is 0.326 e. The van der Waals surface area contributed by atoms with Gasteiger partial charge in [0, 0.05) is 11.1 Å². The Morgan fingerprint density at radius 2 is 1.63 bits per heavy atom. The van der Waals surface area contributed by atoms with E-state index in [4.69, 9.17) is 9.47 Å². The van der Waals surface area contributed by atoms with E-state index in [1.165, 1.54) is 6.92 Å². The van der Waals surface area contributed by atoms with Crippen LogP contribution in [0.25, 0.3) is 0 Å². The first-order valence-corrected chi connectivity index (χ1v) is 10.1. The van der Waals surface area contributed by atoms with Crippen molar-refractivity contribution >= 4 is 17.7 Å². The molecule has 0 saturated heterocycles. The van der Waals surface area contributed by atoms with Gasteiger partial charge in [0.15, 0.2) is 6.10 Å². The molecule has 0 saturated carbocycles. The second-order valence-electron chi connectivity index (χ2n) is 7.20. The molecule has 0 spiro atoms. The molecule has 160 valence electrons. The topological polar surface area (TPSA) is 81.7 Å². The van der Waals surface area contributed by atoms with Crippen molar-refractivity contribution in [2.45, 2.75) is 46.6 Å². The standard InChI is InChI=1S/C24H29NO5/c1-5-6-13-29-21-11-9-19(10-12-21)24(28)25-15-22(26)30-18(4)23(27)20-8-7-16(2)17(3)14-20/h7-12,14,18H,5-6,13,15H2,1-4H3,(H,25,28)/t18-/m1/s1. The van der Waals surface area contributed by atoms with Gasteiger partial charge in [-0.05, 0) is 68.7 Å². The van der Waals surface area contributed by atoms with E-state index in [9.17, 15) is 14.4 Å². The molecule has 0 aliphatic rings. The van der Waals surface area contributed by atoms with Crippen LogP contribution in [0.2, 0.25) is 0 Å². The zero-order valence-electron chi connectivity index (χ0n) is 18.0. The summed E-state index contributed by atoms with van der Waals surface area (Å²) in [6, 6.07) is 12.0. The lowest BCUT2D eigenvalue weighted by Crippen LogP contribution is -2.34. The predicted molar refractivity (Wildman–Crippen MR) is 115 cm³/mol. The van der Waals surface area contributed by atoms with E-state index < -0.39 is 18.0 Å². The Bertz CT molecular complexity index is 889. The fourth-order valence-electron chi connectivity index (χ4n) is 2.71. The number of hydrogen-bond donors (Lipinski definition) is 1. The number of carbonyl (C=O) groups excluding carboxylic acids is 3. The molecule has 1 N–H and O–H groups in total. The highest BCUT2D eigenvalue weighted by atomic mass is 16.5. The molecule has 0 fully saturated rings. The third-order valence-corrected chi connectivity index (χ3v) is 4.75. The summed E-state index contributed by atoms with van der Waals surface area (Å²) >= 11 is 0. The number of esters is 1. The molecular weight excluding hydrogens is 382 g/mol. The van der Waals surface area contributed by atoms with Gasteiger partial charge in [-0.25, -0.2) is 0 Å². The van der Waals surface area contributed by atoms with Gasteiger partial charge in [0.05, 0.1) is 6.61 Å². The van der Waals surface area contributed by atoms with E-state index in [1.807, 2.05) is 19.9 Å². The number of rotatable bonds is 10. The average Bonchev–Trinajstić information content (AvgIpc) is 2.74. The van der Waals surface area contributed by atoms with E-state index in [0.29, 0.717) is 23.5 Å². The second-order valence-corrected chi connectivity index (χ2v) is 7.20. The number of unbranched alkanes of at least 4 members (excludes halogenated alkanes) is 1. The summed E-state index contributed by atoms with van der Waals surface area (Å²) in [5, 5.41) is 2.51. The van der Waals surface area contributed by atoms with Crippen molar-refractivity contribution in [1.82, 2.24) is 5.32 Å². The van der Waals surface area contributed by atoms with E-state index in [2.05, 4.69) is 12.2 Å². The van der Waals surface area contributed by atoms with Crippen LogP contribution in [0, 0.1) is 13.8 Å². The maximum absolute atomic E-state index is 12.5. The molecule has 30 heavy (non-hydrogen) atoms. The van der Waals surface area contributed by atoms with E-state index in [1.54, 1.807) is 36.4 Å². The van der Waals surface area contributed by atoms with Crippen molar-refractivity contribution < 1.29 is 23.9 Å². The molecule has 2 aromatic rings.